The van der Waals surface area contributed by atoms with Gasteiger partial charge in [-0.3, -0.25) is 9.59 Å². The summed E-state index contributed by atoms with van der Waals surface area (Å²) in [6, 6.07) is 15.8. The molecule has 3 unspecified atom stereocenters. The second kappa shape index (κ2) is 15.3. The molecule has 5 aromatic rings. The lowest BCUT2D eigenvalue weighted by Crippen LogP contribution is -2.48. The lowest BCUT2D eigenvalue weighted by Gasteiger charge is -2.30. The minimum absolute atomic E-state index is 0.0524. The van der Waals surface area contributed by atoms with Crippen molar-refractivity contribution in [1.29, 1.82) is 0 Å². The third-order valence-electron chi connectivity index (χ3n) is 10.6. The molecule has 7 rings (SSSR count). The van der Waals surface area contributed by atoms with Gasteiger partial charge < -0.3 is 25.1 Å². The van der Waals surface area contributed by atoms with E-state index in [2.05, 4.69) is 15.6 Å². The maximum atomic E-state index is 14.1. The minimum Gasteiger partial charge on any atom is -0.496 e. The summed E-state index contributed by atoms with van der Waals surface area (Å²) in [6.45, 7) is 1.73. The van der Waals surface area contributed by atoms with Gasteiger partial charge in [0.1, 0.15) is 17.4 Å². The number of amides is 2. The van der Waals surface area contributed by atoms with E-state index in [4.69, 9.17) is 9.47 Å². The normalized spacial score (nSPS) is 19.7. The molecule has 0 aliphatic heterocycles. The molecule has 2 fully saturated rings. The number of aromatic nitrogens is 1. The van der Waals surface area contributed by atoms with Crippen LogP contribution in [-0.4, -0.2) is 48.7 Å². The number of H-pyrrole nitrogens is 1. The van der Waals surface area contributed by atoms with Gasteiger partial charge in [-0.15, -0.1) is 0 Å². The van der Waals surface area contributed by atoms with E-state index < -0.39 is 76.8 Å². The van der Waals surface area contributed by atoms with Crippen molar-refractivity contribution < 1.29 is 59.0 Å². The number of rotatable bonds is 9. The molecule has 2 bridgehead atoms. The smallest absolute Gasteiger partial charge is 0.419 e. The Balaban J connectivity index is 1.23. The fourth-order valence-electron chi connectivity index (χ4n) is 8.14. The molecule has 0 radical (unpaired) electrons. The highest BCUT2D eigenvalue weighted by Gasteiger charge is 2.56. The van der Waals surface area contributed by atoms with Crippen LogP contribution in [0.1, 0.15) is 46.0 Å². The van der Waals surface area contributed by atoms with Gasteiger partial charge in [-0.1, -0.05) is 17.7 Å². The monoisotopic (exact) mass is 811 g/mol. The van der Waals surface area contributed by atoms with Gasteiger partial charge in [-0.05, 0) is 109 Å². The zero-order valence-electron chi connectivity index (χ0n) is 30.6. The van der Waals surface area contributed by atoms with Gasteiger partial charge >= 0.3 is 18.3 Å². The first-order valence-electron chi connectivity index (χ1n) is 18.0. The molecule has 302 valence electrons. The number of carbonyl (C=O) groups is 3. The molecular weight excluding hydrogens is 778 g/mol. The maximum absolute atomic E-state index is 14.1. The highest BCUT2D eigenvalue weighted by atomic mass is 19.4. The first kappa shape index (κ1) is 40.0. The summed E-state index contributed by atoms with van der Waals surface area (Å²) < 4.78 is 120. The fraction of sp³-hybridized carbons (Fsp3) is 0.262. The van der Waals surface area contributed by atoms with Crippen molar-refractivity contribution >= 4 is 34.4 Å². The van der Waals surface area contributed by atoms with Crippen molar-refractivity contribution in [2.24, 2.45) is 17.8 Å². The van der Waals surface area contributed by atoms with E-state index in [1.165, 1.54) is 43.5 Å². The van der Waals surface area contributed by atoms with Gasteiger partial charge in [-0.25, -0.2) is 13.6 Å². The van der Waals surface area contributed by atoms with E-state index >= 15 is 0 Å². The van der Waals surface area contributed by atoms with Crippen molar-refractivity contribution in [2.45, 2.75) is 38.2 Å². The van der Waals surface area contributed by atoms with Gasteiger partial charge in [0.15, 0.2) is 0 Å². The Morgan fingerprint density at radius 2 is 1.52 bits per heavy atom. The SMILES string of the molecule is CCOC(=O)c1c(-c2ccc(F)cc2)[nH]c2ccc(-c3ccc(OC)c(C(=O)NC4C5CCC(/C5=C/C(F)(F)F)[C@@H]4C(=O)Nc4ccc(F)c(C(F)(F)F)c4)c3)cc12. The first-order valence-corrected chi connectivity index (χ1v) is 18.0. The molecule has 0 spiro atoms. The second-order valence-electron chi connectivity index (χ2n) is 14.0. The number of aromatic amines is 1. The van der Waals surface area contributed by atoms with E-state index in [1.54, 1.807) is 31.2 Å². The third kappa shape index (κ3) is 7.74. The van der Waals surface area contributed by atoms with E-state index in [0.29, 0.717) is 45.4 Å². The van der Waals surface area contributed by atoms with Crippen molar-refractivity contribution in [2.75, 3.05) is 19.0 Å². The molecule has 1 heterocycles. The van der Waals surface area contributed by atoms with Crippen molar-refractivity contribution in [1.82, 2.24) is 10.3 Å². The number of allylic oxidation sites excluding steroid dienone is 1. The number of benzene rings is 4. The maximum Gasteiger partial charge on any atom is 0.419 e. The summed E-state index contributed by atoms with van der Waals surface area (Å²) in [7, 11) is 1.30. The number of halogens is 8. The largest absolute Gasteiger partial charge is 0.496 e. The number of esters is 1. The van der Waals surface area contributed by atoms with Crippen molar-refractivity contribution in [3.8, 4) is 28.1 Å². The standard InChI is InChI=1S/C42H33F8N3O5/c1-3-58-40(56)35-27-16-21(6-14-32(27)52-36(35)20-4-8-23(43)9-5-20)22-7-15-33(57-2)28(17-22)38(54)53-37-26-12-11-25(29(26)19-41(45,46)47)34(37)39(55)51-24-10-13-31(44)30(18-24)42(48,49)50/h4-10,13-19,25-26,34,37,52H,3,11-12H2,1-2H3,(H,51,55)(H,53,54)/b29-19-/t25?,26?,34-,37?/m0/s1. The number of anilines is 1. The topological polar surface area (TPSA) is 110 Å². The van der Waals surface area contributed by atoms with Crippen LogP contribution in [-0.2, 0) is 15.7 Å². The number of ether oxygens (including phenoxy) is 2. The predicted molar refractivity (Wildman–Crippen MR) is 197 cm³/mol. The van der Waals surface area contributed by atoms with Crippen LogP contribution in [0.25, 0.3) is 33.3 Å². The zero-order chi connectivity index (χ0) is 41.7. The summed E-state index contributed by atoms with van der Waals surface area (Å²) in [6.07, 6.45) is -9.42. The highest BCUT2D eigenvalue weighted by molar-refractivity contribution is 6.11. The van der Waals surface area contributed by atoms with Crippen LogP contribution in [0.3, 0.4) is 0 Å². The molecule has 2 amide bonds. The predicted octanol–water partition coefficient (Wildman–Crippen LogP) is 9.87. The van der Waals surface area contributed by atoms with Crippen LogP contribution in [0.2, 0.25) is 0 Å². The van der Waals surface area contributed by atoms with Gasteiger partial charge in [0.25, 0.3) is 5.91 Å². The first-order chi connectivity index (χ1) is 27.5. The molecular formula is C42H33F8N3O5. The summed E-state index contributed by atoms with van der Waals surface area (Å²) in [5.41, 5.74) is 0.403. The molecule has 2 aliphatic carbocycles. The summed E-state index contributed by atoms with van der Waals surface area (Å²) in [5.74, 6) is -7.65. The molecule has 58 heavy (non-hydrogen) atoms. The molecule has 4 atom stereocenters. The van der Waals surface area contributed by atoms with E-state index in [0.717, 1.165) is 6.07 Å². The molecule has 2 saturated carbocycles. The Bertz CT molecular complexity index is 2460. The van der Waals surface area contributed by atoms with E-state index in [-0.39, 0.29) is 48.0 Å². The van der Waals surface area contributed by atoms with E-state index in [9.17, 15) is 49.5 Å². The number of methoxy groups -OCH3 is 1. The molecule has 4 aromatic carbocycles. The van der Waals surface area contributed by atoms with Crippen molar-refractivity contribution in [3.63, 3.8) is 0 Å². The number of hydrogen-bond acceptors (Lipinski definition) is 5. The molecule has 16 heteroatoms. The average Bonchev–Trinajstić information content (AvgIpc) is 3.83. The lowest BCUT2D eigenvalue weighted by molar-refractivity contribution is -0.140. The van der Waals surface area contributed by atoms with Crippen LogP contribution >= 0.6 is 0 Å². The van der Waals surface area contributed by atoms with Crippen LogP contribution in [0.4, 0.5) is 40.8 Å². The van der Waals surface area contributed by atoms with Gasteiger partial charge in [0, 0.05) is 34.6 Å². The molecule has 2 aliphatic rings. The van der Waals surface area contributed by atoms with Crippen LogP contribution in [0.5, 0.6) is 5.75 Å². The van der Waals surface area contributed by atoms with Gasteiger partial charge in [-0.2, -0.15) is 26.3 Å². The lowest BCUT2D eigenvalue weighted by atomic mass is 9.83. The minimum atomic E-state index is -5.09. The quantitative estimate of drug-likeness (QED) is 0.0781. The Hall–Kier alpha value is -6.19. The Kier molecular flexibility index (Phi) is 10.5. The molecule has 3 N–H and O–H groups in total. The average molecular weight is 812 g/mol. The van der Waals surface area contributed by atoms with Crippen LogP contribution in [0.15, 0.2) is 90.5 Å². The fourth-order valence-corrected chi connectivity index (χ4v) is 8.14. The van der Waals surface area contributed by atoms with Crippen LogP contribution < -0.4 is 15.4 Å². The van der Waals surface area contributed by atoms with Gasteiger partial charge in [0.05, 0.1) is 42.0 Å². The summed E-state index contributed by atoms with van der Waals surface area (Å²) in [5, 5.41) is 5.48. The summed E-state index contributed by atoms with van der Waals surface area (Å²) in [4.78, 5) is 44.4. The third-order valence-corrected chi connectivity index (χ3v) is 10.6. The zero-order valence-corrected chi connectivity index (χ0v) is 30.6. The Labute approximate surface area is 325 Å². The highest BCUT2D eigenvalue weighted by Crippen LogP contribution is 2.54. The number of nitrogens with one attached hydrogen (secondary N) is 3. The van der Waals surface area contributed by atoms with E-state index in [1.807, 2.05) is 0 Å². The number of hydrogen-bond donors (Lipinski definition) is 3. The number of alkyl halides is 6. The molecule has 8 nitrogen and oxygen atoms in total. The Morgan fingerprint density at radius 1 is 0.845 bits per heavy atom. The van der Waals surface area contributed by atoms with Crippen LogP contribution in [0, 0.1) is 29.4 Å². The summed E-state index contributed by atoms with van der Waals surface area (Å²) >= 11 is 0. The molecule has 0 saturated heterocycles. The number of fused-ring (bicyclic) bond motifs is 3. The second-order valence-corrected chi connectivity index (χ2v) is 14.0. The number of carbonyl (C=O) groups excluding carboxylic acids is 3. The Morgan fingerprint density at radius 3 is 2.19 bits per heavy atom. The van der Waals surface area contributed by atoms with Gasteiger partial charge in [0.2, 0.25) is 5.91 Å². The van der Waals surface area contributed by atoms with Crippen molar-refractivity contribution in [3.05, 3.63) is 119 Å². The molecule has 1 aromatic heterocycles.